The summed E-state index contributed by atoms with van der Waals surface area (Å²) in [6.45, 7) is 4.81. The quantitative estimate of drug-likeness (QED) is 0.653. The van der Waals surface area contributed by atoms with Crippen LogP contribution < -0.4 is 14.2 Å². The number of hydroxylamine groups is 2. The molecule has 1 N–H and O–H groups in total. The van der Waals surface area contributed by atoms with Gasteiger partial charge in [0.15, 0.2) is 11.5 Å². The lowest BCUT2D eigenvalue weighted by molar-refractivity contribution is -0.110. The smallest absolute Gasteiger partial charge is 0.218 e. The van der Waals surface area contributed by atoms with Gasteiger partial charge in [-0.2, -0.15) is 5.06 Å². The summed E-state index contributed by atoms with van der Waals surface area (Å²) < 4.78 is 40.0. The molecule has 1 saturated heterocycles. The second kappa shape index (κ2) is 9.78. The number of nitrogens with one attached hydrogen (secondary N) is 1. The van der Waals surface area contributed by atoms with Crippen molar-refractivity contribution in [2.24, 2.45) is 5.92 Å². The third-order valence-corrected chi connectivity index (χ3v) is 6.80. The summed E-state index contributed by atoms with van der Waals surface area (Å²) in [5, 5.41) is 0.874. The van der Waals surface area contributed by atoms with Gasteiger partial charge >= 0.3 is 0 Å². The van der Waals surface area contributed by atoms with Crippen LogP contribution in [0.3, 0.4) is 0 Å². The number of ether oxygens (including phenoxy) is 2. The van der Waals surface area contributed by atoms with Crippen LogP contribution in [-0.2, 0) is 21.5 Å². The predicted octanol–water partition coefficient (Wildman–Crippen LogP) is 3.14. The van der Waals surface area contributed by atoms with E-state index in [1.54, 1.807) is 25.3 Å². The maximum Gasteiger partial charge on any atom is 0.218 e. The van der Waals surface area contributed by atoms with Crippen molar-refractivity contribution in [2.45, 2.75) is 31.7 Å². The molecule has 2 aromatic rings. The highest BCUT2D eigenvalue weighted by Crippen LogP contribution is 2.38. The van der Waals surface area contributed by atoms with Gasteiger partial charge in [0.1, 0.15) is 11.9 Å². The Labute approximate surface area is 178 Å². The monoisotopic (exact) mass is 434 g/mol. The summed E-state index contributed by atoms with van der Waals surface area (Å²) in [5.41, 5.74) is 1.82. The maximum absolute atomic E-state index is 12.9. The SMILES string of the molecule is COc1ccc([C@@H]2[C@H](S(=O)(=O)NCC(C)C)CON2C)cc1OCc1ccccc1. The second-order valence-corrected chi connectivity index (χ2v) is 9.78. The summed E-state index contributed by atoms with van der Waals surface area (Å²) >= 11 is 0. The van der Waals surface area contributed by atoms with E-state index in [1.165, 1.54) is 0 Å². The molecule has 0 bridgehead atoms. The Bertz CT molecular complexity index is 934. The van der Waals surface area contributed by atoms with Gasteiger partial charge in [0.2, 0.25) is 10.0 Å². The zero-order valence-electron chi connectivity index (χ0n) is 17.9. The number of hydrogen-bond acceptors (Lipinski definition) is 6. The van der Waals surface area contributed by atoms with E-state index in [4.69, 9.17) is 14.3 Å². The van der Waals surface area contributed by atoms with Crippen LogP contribution in [0.1, 0.15) is 31.0 Å². The highest BCUT2D eigenvalue weighted by molar-refractivity contribution is 7.90. The van der Waals surface area contributed by atoms with Crippen LogP contribution in [0.25, 0.3) is 0 Å². The Balaban J connectivity index is 1.85. The molecule has 164 valence electrons. The van der Waals surface area contributed by atoms with Crippen LogP contribution in [0.2, 0.25) is 0 Å². The Hall–Kier alpha value is -2.13. The highest BCUT2D eigenvalue weighted by Gasteiger charge is 2.43. The lowest BCUT2D eigenvalue weighted by Crippen LogP contribution is -2.40. The van der Waals surface area contributed by atoms with Crippen molar-refractivity contribution in [3.63, 3.8) is 0 Å². The highest BCUT2D eigenvalue weighted by atomic mass is 32.2. The van der Waals surface area contributed by atoms with E-state index in [2.05, 4.69) is 4.72 Å². The fourth-order valence-electron chi connectivity index (χ4n) is 3.40. The van der Waals surface area contributed by atoms with Gasteiger partial charge in [-0.15, -0.1) is 0 Å². The minimum atomic E-state index is -3.56. The van der Waals surface area contributed by atoms with Crippen LogP contribution in [0.4, 0.5) is 0 Å². The van der Waals surface area contributed by atoms with Gasteiger partial charge in [0.05, 0.1) is 19.8 Å². The molecule has 8 heteroatoms. The average molecular weight is 435 g/mol. The molecular weight excluding hydrogens is 404 g/mol. The molecule has 0 aliphatic carbocycles. The Morgan fingerprint density at radius 3 is 2.57 bits per heavy atom. The maximum atomic E-state index is 12.9. The lowest BCUT2D eigenvalue weighted by atomic mass is 10.0. The number of methoxy groups -OCH3 is 1. The molecule has 1 heterocycles. The Morgan fingerprint density at radius 2 is 1.90 bits per heavy atom. The molecule has 7 nitrogen and oxygen atoms in total. The Morgan fingerprint density at radius 1 is 1.17 bits per heavy atom. The van der Waals surface area contributed by atoms with Crippen LogP contribution in [0.15, 0.2) is 48.5 Å². The van der Waals surface area contributed by atoms with Gasteiger partial charge in [-0.3, -0.25) is 4.84 Å². The van der Waals surface area contributed by atoms with Crippen molar-refractivity contribution < 1.29 is 22.7 Å². The van der Waals surface area contributed by atoms with Crippen LogP contribution in [0, 0.1) is 5.92 Å². The first-order valence-corrected chi connectivity index (χ1v) is 11.6. The van der Waals surface area contributed by atoms with Crippen molar-refractivity contribution in [3.8, 4) is 11.5 Å². The third kappa shape index (κ3) is 5.31. The fraction of sp³-hybridized carbons (Fsp3) is 0.455. The standard InChI is InChI=1S/C22H30N2O5S/c1-16(2)13-23-30(25,26)21-15-29-24(3)22(21)18-10-11-19(27-4)20(12-18)28-14-17-8-6-5-7-9-17/h5-12,16,21-23H,13-15H2,1-4H3/t21-,22-/m1/s1. The third-order valence-electron chi connectivity index (χ3n) is 5.04. The Kier molecular flexibility index (Phi) is 7.36. The van der Waals surface area contributed by atoms with E-state index >= 15 is 0 Å². The minimum absolute atomic E-state index is 0.0980. The van der Waals surface area contributed by atoms with Crippen molar-refractivity contribution in [1.82, 2.24) is 9.79 Å². The number of nitrogens with zero attached hydrogens (tertiary/aromatic N) is 1. The number of hydrogen-bond donors (Lipinski definition) is 1. The number of sulfonamides is 1. The van der Waals surface area contributed by atoms with E-state index < -0.39 is 21.3 Å². The van der Waals surface area contributed by atoms with Crippen molar-refractivity contribution in [1.29, 1.82) is 0 Å². The summed E-state index contributed by atoms with van der Waals surface area (Å²) in [7, 11) is -0.229. The van der Waals surface area contributed by atoms with Gasteiger partial charge < -0.3 is 9.47 Å². The molecule has 1 fully saturated rings. The molecule has 3 rings (SSSR count). The van der Waals surface area contributed by atoms with Crippen molar-refractivity contribution >= 4 is 10.0 Å². The van der Waals surface area contributed by atoms with Gasteiger partial charge in [-0.1, -0.05) is 50.2 Å². The summed E-state index contributed by atoms with van der Waals surface area (Å²) in [5.74, 6) is 1.37. The topological polar surface area (TPSA) is 77.1 Å². The predicted molar refractivity (Wildman–Crippen MR) is 116 cm³/mol. The van der Waals surface area contributed by atoms with E-state index in [0.29, 0.717) is 24.7 Å². The molecule has 1 aliphatic rings. The van der Waals surface area contributed by atoms with E-state index in [1.807, 2.05) is 56.3 Å². The summed E-state index contributed by atoms with van der Waals surface area (Å²) in [6, 6.07) is 14.9. The summed E-state index contributed by atoms with van der Waals surface area (Å²) in [4.78, 5) is 5.59. The normalized spacial score (nSPS) is 19.9. The molecule has 2 aromatic carbocycles. The molecular formula is C22H30N2O5S. The van der Waals surface area contributed by atoms with Gasteiger partial charge in [0, 0.05) is 13.6 Å². The molecule has 0 spiro atoms. The lowest BCUT2D eigenvalue weighted by Gasteiger charge is -2.24. The fourth-order valence-corrected chi connectivity index (χ4v) is 5.08. The first-order valence-electron chi connectivity index (χ1n) is 10.0. The largest absolute Gasteiger partial charge is 0.493 e. The first kappa shape index (κ1) is 22.6. The second-order valence-electron chi connectivity index (χ2n) is 7.80. The minimum Gasteiger partial charge on any atom is -0.493 e. The molecule has 1 aliphatic heterocycles. The number of benzene rings is 2. The molecule has 0 radical (unpaired) electrons. The first-order chi connectivity index (χ1) is 14.3. The van der Waals surface area contributed by atoms with E-state index in [-0.39, 0.29) is 12.5 Å². The molecule has 0 aromatic heterocycles. The van der Waals surface area contributed by atoms with Crippen molar-refractivity contribution in [2.75, 3.05) is 27.3 Å². The molecule has 0 unspecified atom stereocenters. The van der Waals surface area contributed by atoms with E-state index in [0.717, 1.165) is 11.1 Å². The van der Waals surface area contributed by atoms with Crippen LogP contribution >= 0.6 is 0 Å². The molecule has 0 amide bonds. The molecule has 30 heavy (non-hydrogen) atoms. The van der Waals surface area contributed by atoms with Gasteiger partial charge in [-0.05, 0) is 29.2 Å². The van der Waals surface area contributed by atoms with Crippen LogP contribution in [0.5, 0.6) is 11.5 Å². The van der Waals surface area contributed by atoms with E-state index in [9.17, 15) is 8.42 Å². The zero-order valence-corrected chi connectivity index (χ0v) is 18.7. The molecule has 0 saturated carbocycles. The van der Waals surface area contributed by atoms with Crippen molar-refractivity contribution in [3.05, 3.63) is 59.7 Å². The number of rotatable bonds is 9. The zero-order chi connectivity index (χ0) is 21.7. The summed E-state index contributed by atoms with van der Waals surface area (Å²) in [6.07, 6.45) is 0. The van der Waals surface area contributed by atoms with Gasteiger partial charge in [0.25, 0.3) is 0 Å². The van der Waals surface area contributed by atoms with Gasteiger partial charge in [-0.25, -0.2) is 13.1 Å². The van der Waals surface area contributed by atoms with Crippen LogP contribution in [-0.4, -0.2) is 46.0 Å². The molecule has 2 atom stereocenters. The average Bonchev–Trinajstić information content (AvgIpc) is 3.13.